The highest BCUT2D eigenvalue weighted by molar-refractivity contribution is 5.69. The van der Waals surface area contributed by atoms with Crippen LogP contribution in [0.1, 0.15) is 226 Å². The second kappa shape index (κ2) is 39.6. The summed E-state index contributed by atoms with van der Waals surface area (Å²) in [5.41, 5.74) is 0. The van der Waals surface area contributed by atoms with Gasteiger partial charge in [0, 0.05) is 19.4 Å². The normalized spacial score (nSPS) is 11.6. The Hall–Kier alpha value is -1.14. The van der Waals surface area contributed by atoms with Crippen molar-refractivity contribution in [1.29, 1.82) is 0 Å². The number of hydrogen-bond donors (Lipinski definition) is 1. The predicted molar refractivity (Wildman–Crippen MR) is 209 cm³/mol. The zero-order chi connectivity index (χ0) is 35.9. The Kier molecular flexibility index (Phi) is 38.7. The van der Waals surface area contributed by atoms with Gasteiger partial charge in [0.15, 0.2) is 0 Å². The molecule has 0 saturated carbocycles. The van der Waals surface area contributed by atoms with Gasteiger partial charge in [-0.25, -0.2) is 0 Å². The molecule has 0 aliphatic heterocycles. The summed E-state index contributed by atoms with van der Waals surface area (Å²) in [6, 6.07) is 0. The van der Waals surface area contributed by atoms with Crippen LogP contribution in [0.4, 0.5) is 0 Å². The number of carbonyl (C=O) groups is 2. The zero-order valence-corrected chi connectivity index (χ0v) is 33.3. The van der Waals surface area contributed by atoms with E-state index < -0.39 is 0 Å². The Morgan fingerprint density at radius 1 is 0.469 bits per heavy atom. The molecule has 0 unspecified atom stereocenters. The van der Waals surface area contributed by atoms with E-state index in [1.807, 2.05) is 0 Å². The maximum absolute atomic E-state index is 12.7. The largest absolute Gasteiger partial charge is 0.466 e. The smallest absolute Gasteiger partial charge is 0.306 e. The highest BCUT2D eigenvalue weighted by atomic mass is 16.5. The number of aliphatic hydroxyl groups excluding tert-OH is 1. The van der Waals surface area contributed by atoms with E-state index >= 15 is 0 Å². The van der Waals surface area contributed by atoms with Crippen LogP contribution >= 0.6 is 0 Å². The molecule has 6 heteroatoms. The van der Waals surface area contributed by atoms with Crippen LogP contribution < -0.4 is 0 Å². The summed E-state index contributed by atoms with van der Waals surface area (Å²) in [5, 5.41) is 9.53. The van der Waals surface area contributed by atoms with Crippen LogP contribution in [0.25, 0.3) is 0 Å². The molecular formula is C43H85NO5. The lowest BCUT2D eigenvalue weighted by molar-refractivity contribution is -0.150. The van der Waals surface area contributed by atoms with Crippen molar-refractivity contribution >= 4 is 11.9 Å². The van der Waals surface area contributed by atoms with Gasteiger partial charge in [0.2, 0.25) is 0 Å². The molecule has 0 bridgehead atoms. The monoisotopic (exact) mass is 696 g/mol. The fraction of sp³-hybridized carbons (Fsp3) is 0.953. The third kappa shape index (κ3) is 36.5. The van der Waals surface area contributed by atoms with Crippen molar-refractivity contribution in [2.75, 3.05) is 32.8 Å². The van der Waals surface area contributed by atoms with Gasteiger partial charge in [-0.05, 0) is 70.9 Å². The van der Waals surface area contributed by atoms with Crippen molar-refractivity contribution in [3.8, 4) is 0 Å². The lowest BCUT2D eigenvalue weighted by Gasteiger charge is -2.21. The number of ether oxygens (including phenoxy) is 2. The Bertz CT molecular complexity index is 671. The summed E-state index contributed by atoms with van der Waals surface area (Å²) in [4.78, 5) is 27.0. The summed E-state index contributed by atoms with van der Waals surface area (Å²) < 4.78 is 11.4. The molecule has 0 rings (SSSR count). The number of aliphatic hydroxyl groups is 1. The molecule has 0 amide bonds. The van der Waals surface area contributed by atoms with Gasteiger partial charge in [0.25, 0.3) is 0 Å². The molecule has 0 saturated heterocycles. The van der Waals surface area contributed by atoms with Gasteiger partial charge in [-0.1, -0.05) is 156 Å². The number of rotatable bonds is 40. The molecule has 0 aliphatic carbocycles. The molecular weight excluding hydrogens is 610 g/mol. The topological polar surface area (TPSA) is 76.1 Å². The lowest BCUT2D eigenvalue weighted by Crippen LogP contribution is -2.29. The lowest BCUT2D eigenvalue weighted by atomic mass is 10.0. The number of unbranched alkanes of at least 4 members (excludes halogenated alkanes) is 23. The molecule has 0 spiro atoms. The summed E-state index contributed by atoms with van der Waals surface area (Å²) in [5.74, 6) is -0.0200. The quantitative estimate of drug-likeness (QED) is 0.0508. The van der Waals surface area contributed by atoms with Gasteiger partial charge < -0.3 is 19.5 Å². The number of hydrogen-bond acceptors (Lipinski definition) is 6. The summed E-state index contributed by atoms with van der Waals surface area (Å²) >= 11 is 0. The first-order valence-corrected chi connectivity index (χ1v) is 21.8. The fourth-order valence-electron chi connectivity index (χ4n) is 6.70. The van der Waals surface area contributed by atoms with Crippen molar-refractivity contribution in [2.24, 2.45) is 0 Å². The van der Waals surface area contributed by atoms with Crippen LogP contribution in [0.3, 0.4) is 0 Å². The third-order valence-corrected chi connectivity index (χ3v) is 9.95. The molecule has 0 aromatic rings. The van der Waals surface area contributed by atoms with Crippen molar-refractivity contribution in [3.63, 3.8) is 0 Å². The molecule has 0 aromatic carbocycles. The fourth-order valence-corrected chi connectivity index (χ4v) is 6.70. The molecule has 0 fully saturated rings. The van der Waals surface area contributed by atoms with Gasteiger partial charge in [-0.2, -0.15) is 0 Å². The van der Waals surface area contributed by atoms with E-state index in [0.29, 0.717) is 19.4 Å². The van der Waals surface area contributed by atoms with E-state index in [4.69, 9.17) is 9.47 Å². The second-order valence-corrected chi connectivity index (χ2v) is 14.8. The van der Waals surface area contributed by atoms with E-state index in [-0.39, 0.29) is 24.6 Å². The van der Waals surface area contributed by atoms with Crippen LogP contribution in [0.2, 0.25) is 0 Å². The first-order chi connectivity index (χ1) is 24.1. The summed E-state index contributed by atoms with van der Waals surface area (Å²) in [6.07, 6.45) is 36.9. The second-order valence-electron chi connectivity index (χ2n) is 14.8. The predicted octanol–water partition coefficient (Wildman–Crippen LogP) is 12.3. The van der Waals surface area contributed by atoms with E-state index in [9.17, 15) is 14.7 Å². The van der Waals surface area contributed by atoms with Crippen molar-refractivity contribution < 1.29 is 24.2 Å². The Labute approximate surface area is 305 Å². The molecule has 0 radical (unpaired) electrons. The molecule has 292 valence electrons. The van der Waals surface area contributed by atoms with Crippen molar-refractivity contribution in [1.82, 2.24) is 4.90 Å². The van der Waals surface area contributed by atoms with Crippen molar-refractivity contribution in [2.45, 2.75) is 232 Å². The maximum Gasteiger partial charge on any atom is 0.306 e. The highest BCUT2D eigenvalue weighted by Gasteiger charge is 2.14. The highest BCUT2D eigenvalue weighted by Crippen LogP contribution is 2.18. The van der Waals surface area contributed by atoms with Gasteiger partial charge in [0.1, 0.15) is 6.10 Å². The molecule has 0 aromatic heterocycles. The number of nitrogens with zero attached hydrogens (tertiary/aromatic N) is 1. The number of esters is 2. The Morgan fingerprint density at radius 2 is 0.857 bits per heavy atom. The molecule has 0 aliphatic rings. The first kappa shape index (κ1) is 47.9. The average molecular weight is 696 g/mol. The van der Waals surface area contributed by atoms with E-state index in [1.54, 1.807) is 0 Å². The first-order valence-electron chi connectivity index (χ1n) is 21.8. The van der Waals surface area contributed by atoms with Crippen LogP contribution in [-0.2, 0) is 19.1 Å². The van der Waals surface area contributed by atoms with Gasteiger partial charge in [-0.15, -0.1) is 0 Å². The van der Waals surface area contributed by atoms with Gasteiger partial charge in [-0.3, -0.25) is 9.59 Å². The van der Waals surface area contributed by atoms with Crippen LogP contribution in [0, 0.1) is 0 Å². The minimum Gasteiger partial charge on any atom is -0.466 e. The van der Waals surface area contributed by atoms with Crippen LogP contribution in [0.5, 0.6) is 0 Å². The number of carbonyl (C=O) groups excluding carboxylic acids is 2. The summed E-state index contributed by atoms with van der Waals surface area (Å²) in [6.45, 7) is 10.4. The standard InChI is InChI=1S/C43H85NO5/c1-4-7-10-13-18-25-32-41(33-26-19-14-11-8-5-2)49-43(47)35-28-21-17-23-30-37-44(38-39-45)36-29-22-16-20-27-34-42(46)48-40-31-24-15-12-9-6-3/h41,45H,4-40H2,1-3H3. The SMILES string of the molecule is CCCCCCCCOC(=O)CCCCCCCN(CCO)CCCCCCCC(=O)OC(CCCCCCCC)CCCCCCCC. The van der Waals surface area contributed by atoms with Crippen molar-refractivity contribution in [3.05, 3.63) is 0 Å². The maximum atomic E-state index is 12.7. The minimum absolute atomic E-state index is 0.0134. The molecule has 0 atom stereocenters. The minimum atomic E-state index is -0.0335. The average Bonchev–Trinajstić information content (AvgIpc) is 3.09. The molecule has 49 heavy (non-hydrogen) atoms. The van der Waals surface area contributed by atoms with E-state index in [1.165, 1.54) is 116 Å². The summed E-state index contributed by atoms with van der Waals surface area (Å²) in [7, 11) is 0. The third-order valence-electron chi connectivity index (χ3n) is 9.95. The molecule has 0 heterocycles. The van der Waals surface area contributed by atoms with E-state index in [2.05, 4.69) is 25.7 Å². The zero-order valence-electron chi connectivity index (χ0n) is 33.3. The Balaban J connectivity index is 3.96. The van der Waals surface area contributed by atoms with E-state index in [0.717, 1.165) is 96.7 Å². The van der Waals surface area contributed by atoms with Crippen LogP contribution in [-0.4, -0.2) is 60.9 Å². The van der Waals surface area contributed by atoms with Crippen LogP contribution in [0.15, 0.2) is 0 Å². The van der Waals surface area contributed by atoms with Gasteiger partial charge >= 0.3 is 11.9 Å². The van der Waals surface area contributed by atoms with Gasteiger partial charge in [0.05, 0.1) is 13.2 Å². The molecule has 6 nitrogen and oxygen atoms in total. The Morgan fingerprint density at radius 3 is 1.33 bits per heavy atom. The molecule has 1 N–H and O–H groups in total.